The summed E-state index contributed by atoms with van der Waals surface area (Å²) in [5.74, 6) is 0.458. The van der Waals surface area contributed by atoms with Crippen LogP contribution in [0.1, 0.15) is 5.56 Å². The fraction of sp³-hybridized carbons (Fsp3) is 0.0833. The molecule has 1 nitrogen and oxygen atoms in total. The van der Waals surface area contributed by atoms with Crippen molar-refractivity contribution in [2.24, 2.45) is 0 Å². The molecule has 0 radical (unpaired) electrons. The molecule has 0 amide bonds. The van der Waals surface area contributed by atoms with Crippen LogP contribution in [0, 0.1) is 5.82 Å². The minimum atomic E-state index is -0.230. The van der Waals surface area contributed by atoms with Gasteiger partial charge >= 0.3 is 0 Å². The summed E-state index contributed by atoms with van der Waals surface area (Å²) >= 11 is 8.16. The van der Waals surface area contributed by atoms with Crippen molar-refractivity contribution >= 4 is 43.6 Å². The second kappa shape index (κ2) is 5.98. The largest absolute Gasteiger partial charge is 0.249 e. The van der Waals surface area contributed by atoms with Gasteiger partial charge in [-0.05, 0) is 55.6 Å². The lowest BCUT2D eigenvalue weighted by Gasteiger charge is -2.04. The average Bonchev–Trinajstić information content (AvgIpc) is 2.33. The summed E-state index contributed by atoms with van der Waals surface area (Å²) in [5.41, 5.74) is 0.930. The standard InChI is InChI=1S/C12H8Br2FNS/c13-9-4-5-11(16-6-9)17-7-8-2-1-3-10(15)12(8)14/h1-6H,7H2. The fourth-order valence-electron chi connectivity index (χ4n) is 1.26. The van der Waals surface area contributed by atoms with E-state index in [1.165, 1.54) is 6.07 Å². The number of benzene rings is 1. The Bertz CT molecular complexity index is 516. The molecule has 0 saturated carbocycles. The van der Waals surface area contributed by atoms with Crippen LogP contribution in [-0.2, 0) is 5.75 Å². The average molecular weight is 377 g/mol. The number of aromatic nitrogens is 1. The van der Waals surface area contributed by atoms with E-state index >= 15 is 0 Å². The zero-order chi connectivity index (χ0) is 12.3. The highest BCUT2D eigenvalue weighted by atomic mass is 79.9. The van der Waals surface area contributed by atoms with Gasteiger partial charge in [0.25, 0.3) is 0 Å². The molecule has 2 aromatic rings. The molecule has 1 heterocycles. The van der Waals surface area contributed by atoms with Crippen LogP contribution in [0.3, 0.4) is 0 Å². The van der Waals surface area contributed by atoms with Gasteiger partial charge in [-0.25, -0.2) is 9.37 Å². The highest BCUT2D eigenvalue weighted by molar-refractivity contribution is 9.10. The van der Waals surface area contributed by atoms with Crippen LogP contribution in [0.15, 0.2) is 50.5 Å². The highest BCUT2D eigenvalue weighted by Crippen LogP contribution is 2.27. The molecular formula is C12H8Br2FNS. The zero-order valence-corrected chi connectivity index (χ0v) is 12.6. The maximum absolute atomic E-state index is 13.3. The van der Waals surface area contributed by atoms with Gasteiger partial charge in [-0.15, -0.1) is 11.8 Å². The number of nitrogens with zero attached hydrogens (tertiary/aromatic N) is 1. The number of rotatable bonds is 3. The van der Waals surface area contributed by atoms with E-state index in [1.54, 1.807) is 24.0 Å². The van der Waals surface area contributed by atoms with Crippen molar-refractivity contribution < 1.29 is 4.39 Å². The minimum Gasteiger partial charge on any atom is -0.249 e. The van der Waals surface area contributed by atoms with Gasteiger partial charge in [0.1, 0.15) is 5.82 Å². The van der Waals surface area contributed by atoms with E-state index in [-0.39, 0.29) is 5.82 Å². The molecule has 17 heavy (non-hydrogen) atoms. The van der Waals surface area contributed by atoms with Crippen LogP contribution >= 0.6 is 43.6 Å². The first-order chi connectivity index (χ1) is 8.16. The third-order valence-corrected chi connectivity index (χ3v) is 4.46. The number of hydrogen-bond donors (Lipinski definition) is 0. The third-order valence-electron chi connectivity index (χ3n) is 2.11. The molecule has 0 saturated heterocycles. The zero-order valence-electron chi connectivity index (χ0n) is 8.66. The van der Waals surface area contributed by atoms with Crippen molar-refractivity contribution in [2.45, 2.75) is 10.8 Å². The normalized spacial score (nSPS) is 10.5. The van der Waals surface area contributed by atoms with Gasteiger partial charge in [-0.1, -0.05) is 12.1 Å². The lowest BCUT2D eigenvalue weighted by atomic mass is 10.2. The number of halogens is 3. The number of thioether (sulfide) groups is 1. The lowest BCUT2D eigenvalue weighted by molar-refractivity contribution is 0.619. The summed E-state index contributed by atoms with van der Waals surface area (Å²) in [6.07, 6.45) is 1.75. The molecule has 1 aromatic heterocycles. The maximum Gasteiger partial charge on any atom is 0.137 e. The second-order valence-electron chi connectivity index (χ2n) is 3.32. The van der Waals surface area contributed by atoms with E-state index in [4.69, 9.17) is 0 Å². The van der Waals surface area contributed by atoms with Gasteiger partial charge in [0.15, 0.2) is 0 Å². The Morgan fingerprint density at radius 2 is 2.00 bits per heavy atom. The van der Waals surface area contributed by atoms with Gasteiger partial charge in [0.2, 0.25) is 0 Å². The molecule has 0 atom stereocenters. The summed E-state index contributed by atoms with van der Waals surface area (Å²) in [7, 11) is 0. The van der Waals surface area contributed by atoms with E-state index < -0.39 is 0 Å². The summed E-state index contributed by atoms with van der Waals surface area (Å²) in [4.78, 5) is 4.25. The quantitative estimate of drug-likeness (QED) is 0.696. The summed E-state index contributed by atoms with van der Waals surface area (Å²) in [6, 6.07) is 8.93. The van der Waals surface area contributed by atoms with Crippen LogP contribution in [-0.4, -0.2) is 4.98 Å². The molecule has 0 N–H and O–H groups in total. The van der Waals surface area contributed by atoms with Crippen LogP contribution in [0.4, 0.5) is 4.39 Å². The first-order valence-corrected chi connectivity index (χ1v) is 7.41. The van der Waals surface area contributed by atoms with Crippen molar-refractivity contribution in [3.8, 4) is 0 Å². The molecule has 5 heteroatoms. The van der Waals surface area contributed by atoms with Crippen molar-refractivity contribution in [3.63, 3.8) is 0 Å². The van der Waals surface area contributed by atoms with Gasteiger partial charge in [0, 0.05) is 16.4 Å². The van der Waals surface area contributed by atoms with E-state index in [0.29, 0.717) is 10.2 Å². The first kappa shape index (κ1) is 13.1. The Kier molecular flexibility index (Phi) is 4.59. The minimum absolute atomic E-state index is 0.230. The summed E-state index contributed by atoms with van der Waals surface area (Å²) in [6.45, 7) is 0. The summed E-state index contributed by atoms with van der Waals surface area (Å²) < 4.78 is 14.8. The first-order valence-electron chi connectivity index (χ1n) is 4.84. The molecule has 88 valence electrons. The molecule has 0 unspecified atom stereocenters. The SMILES string of the molecule is Fc1cccc(CSc2ccc(Br)cn2)c1Br. The molecule has 0 fully saturated rings. The molecular weight excluding hydrogens is 369 g/mol. The Morgan fingerprint density at radius 1 is 1.18 bits per heavy atom. The van der Waals surface area contributed by atoms with Crippen LogP contribution < -0.4 is 0 Å². The number of hydrogen-bond acceptors (Lipinski definition) is 2. The molecule has 1 aromatic carbocycles. The van der Waals surface area contributed by atoms with Crippen LogP contribution in [0.5, 0.6) is 0 Å². The van der Waals surface area contributed by atoms with Gasteiger partial charge in [0.05, 0.1) is 9.50 Å². The van der Waals surface area contributed by atoms with E-state index in [0.717, 1.165) is 15.1 Å². The Morgan fingerprint density at radius 3 is 2.71 bits per heavy atom. The van der Waals surface area contributed by atoms with Crippen molar-refractivity contribution in [1.82, 2.24) is 4.98 Å². The highest BCUT2D eigenvalue weighted by Gasteiger charge is 2.05. The number of pyridine rings is 1. The smallest absolute Gasteiger partial charge is 0.137 e. The van der Waals surface area contributed by atoms with Crippen LogP contribution in [0.2, 0.25) is 0 Å². The van der Waals surface area contributed by atoms with Crippen LogP contribution in [0.25, 0.3) is 0 Å². The van der Waals surface area contributed by atoms with Crippen molar-refractivity contribution in [3.05, 3.63) is 56.9 Å². The molecule has 0 aliphatic heterocycles. The molecule has 0 aliphatic carbocycles. The Labute approximate surface area is 120 Å². The third kappa shape index (κ3) is 3.53. The van der Waals surface area contributed by atoms with E-state index in [9.17, 15) is 4.39 Å². The van der Waals surface area contributed by atoms with E-state index in [2.05, 4.69) is 36.8 Å². The summed E-state index contributed by atoms with van der Waals surface area (Å²) in [5, 5.41) is 0.921. The van der Waals surface area contributed by atoms with Gasteiger partial charge in [-0.3, -0.25) is 0 Å². The molecule has 0 aliphatic rings. The molecule has 0 bridgehead atoms. The Hall–Kier alpha value is -0.390. The van der Waals surface area contributed by atoms with Gasteiger partial charge < -0.3 is 0 Å². The van der Waals surface area contributed by atoms with E-state index in [1.807, 2.05) is 18.2 Å². The van der Waals surface area contributed by atoms with Crippen molar-refractivity contribution in [2.75, 3.05) is 0 Å². The second-order valence-corrected chi connectivity index (χ2v) is 6.02. The molecule has 0 spiro atoms. The Balaban J connectivity index is 2.07. The van der Waals surface area contributed by atoms with Crippen molar-refractivity contribution in [1.29, 1.82) is 0 Å². The molecule has 2 rings (SSSR count). The maximum atomic E-state index is 13.3. The predicted molar refractivity (Wildman–Crippen MR) is 75.6 cm³/mol. The van der Waals surface area contributed by atoms with Gasteiger partial charge in [-0.2, -0.15) is 0 Å². The topological polar surface area (TPSA) is 12.9 Å². The lowest BCUT2D eigenvalue weighted by Crippen LogP contribution is -1.87. The predicted octanol–water partition coefficient (Wildman–Crippen LogP) is 5.04. The fourth-order valence-corrected chi connectivity index (χ4v) is 2.92. The monoisotopic (exact) mass is 375 g/mol.